The molecule has 1 heterocycles. The Labute approximate surface area is 120 Å². The molecule has 1 aliphatic carbocycles. The monoisotopic (exact) mass is 283 g/mol. The molecule has 114 valence electrons. The Morgan fingerprint density at radius 2 is 1.95 bits per heavy atom. The fourth-order valence-corrected chi connectivity index (χ4v) is 3.26. The minimum Gasteiger partial charge on any atom is -0.481 e. The van der Waals surface area contributed by atoms with Crippen LogP contribution in [0.3, 0.4) is 0 Å². The molecule has 3 atom stereocenters. The molecule has 1 saturated heterocycles. The number of ether oxygens (including phenoxy) is 1. The van der Waals surface area contributed by atoms with E-state index in [1.807, 2.05) is 13.8 Å². The average Bonchev–Trinajstić information content (AvgIpc) is 3.04. The van der Waals surface area contributed by atoms with E-state index in [-0.39, 0.29) is 17.9 Å². The molecule has 2 fully saturated rings. The van der Waals surface area contributed by atoms with Crippen LogP contribution in [0.5, 0.6) is 0 Å². The van der Waals surface area contributed by atoms with Crippen LogP contribution in [0.15, 0.2) is 0 Å². The molecule has 0 radical (unpaired) electrons. The van der Waals surface area contributed by atoms with E-state index in [4.69, 9.17) is 9.84 Å². The van der Waals surface area contributed by atoms with Crippen LogP contribution in [0.2, 0.25) is 0 Å². The largest absolute Gasteiger partial charge is 0.481 e. The van der Waals surface area contributed by atoms with E-state index in [2.05, 4.69) is 0 Å². The van der Waals surface area contributed by atoms with E-state index < -0.39 is 18.0 Å². The first-order chi connectivity index (χ1) is 9.52. The fourth-order valence-electron chi connectivity index (χ4n) is 3.26. The predicted molar refractivity (Wildman–Crippen MR) is 74.3 cm³/mol. The predicted octanol–water partition coefficient (Wildman–Crippen LogP) is 1.90. The Morgan fingerprint density at radius 3 is 2.45 bits per heavy atom. The van der Waals surface area contributed by atoms with Crippen molar-refractivity contribution in [2.45, 2.75) is 58.2 Å². The van der Waals surface area contributed by atoms with Gasteiger partial charge in [0, 0.05) is 13.1 Å². The molecule has 1 aliphatic heterocycles. The van der Waals surface area contributed by atoms with Crippen molar-refractivity contribution in [2.75, 3.05) is 13.1 Å². The van der Waals surface area contributed by atoms with Crippen LogP contribution in [0.4, 0.5) is 0 Å². The van der Waals surface area contributed by atoms with Crippen LogP contribution in [-0.4, -0.2) is 47.2 Å². The van der Waals surface area contributed by atoms with E-state index in [0.717, 1.165) is 12.8 Å². The molecule has 2 aliphatic rings. The maximum atomic E-state index is 12.5. The zero-order valence-electron chi connectivity index (χ0n) is 12.4. The van der Waals surface area contributed by atoms with Gasteiger partial charge in [0.05, 0.1) is 12.0 Å². The van der Waals surface area contributed by atoms with Crippen LogP contribution >= 0.6 is 0 Å². The Bertz CT molecular complexity index is 365. The Kier molecular flexibility index (Phi) is 5.02. The number of aliphatic carboxylic acids is 1. The smallest absolute Gasteiger partial charge is 0.308 e. The van der Waals surface area contributed by atoms with Gasteiger partial charge in [-0.1, -0.05) is 26.7 Å². The highest BCUT2D eigenvalue weighted by atomic mass is 16.5. The van der Waals surface area contributed by atoms with Crippen molar-refractivity contribution in [2.24, 2.45) is 11.8 Å². The van der Waals surface area contributed by atoms with E-state index in [1.165, 1.54) is 12.8 Å². The summed E-state index contributed by atoms with van der Waals surface area (Å²) in [5.74, 6) is -1.27. The lowest BCUT2D eigenvalue weighted by atomic mass is 9.99. The maximum absolute atomic E-state index is 12.5. The molecule has 0 aromatic heterocycles. The zero-order chi connectivity index (χ0) is 14.7. The first-order valence-electron chi connectivity index (χ1n) is 7.70. The molecule has 20 heavy (non-hydrogen) atoms. The zero-order valence-corrected chi connectivity index (χ0v) is 12.4. The number of rotatable bonds is 5. The second kappa shape index (κ2) is 6.57. The minimum atomic E-state index is -0.808. The van der Waals surface area contributed by atoms with Gasteiger partial charge in [-0.15, -0.1) is 0 Å². The van der Waals surface area contributed by atoms with Crippen LogP contribution in [0.1, 0.15) is 46.0 Å². The third kappa shape index (κ3) is 3.32. The van der Waals surface area contributed by atoms with Gasteiger partial charge in [-0.05, 0) is 25.2 Å². The molecule has 0 aromatic rings. The number of carbonyl (C=O) groups excluding carboxylic acids is 1. The summed E-state index contributed by atoms with van der Waals surface area (Å²) in [5.41, 5.74) is 0. The maximum Gasteiger partial charge on any atom is 0.308 e. The SMILES string of the molecule is CCC(OC1CCCC1)C(=O)N1C[C@@H](C)[C@H](C(=O)O)C1. The standard InChI is InChI=1S/C15H25NO4/c1-3-13(20-11-6-4-5-7-11)14(17)16-8-10(2)12(9-16)15(18)19/h10-13H,3-9H2,1-2H3,(H,18,19)/t10-,12-,13?/m1/s1. The average molecular weight is 283 g/mol. The first kappa shape index (κ1) is 15.3. The molecule has 5 nitrogen and oxygen atoms in total. The summed E-state index contributed by atoms with van der Waals surface area (Å²) in [6.45, 7) is 4.69. The number of carboxylic acids is 1. The van der Waals surface area contributed by atoms with Gasteiger partial charge in [0.25, 0.3) is 5.91 Å². The molecule has 0 spiro atoms. The number of hydrogen-bond acceptors (Lipinski definition) is 3. The summed E-state index contributed by atoms with van der Waals surface area (Å²) in [5, 5.41) is 9.14. The third-order valence-electron chi connectivity index (χ3n) is 4.55. The Morgan fingerprint density at radius 1 is 1.30 bits per heavy atom. The molecule has 2 rings (SSSR count). The van der Waals surface area contributed by atoms with Crippen LogP contribution in [-0.2, 0) is 14.3 Å². The second-order valence-corrected chi connectivity index (χ2v) is 6.10. The highest BCUT2D eigenvalue weighted by Crippen LogP contribution is 2.27. The Hall–Kier alpha value is -1.10. The lowest BCUT2D eigenvalue weighted by molar-refractivity contribution is -0.147. The van der Waals surface area contributed by atoms with Gasteiger partial charge >= 0.3 is 5.97 Å². The number of hydrogen-bond donors (Lipinski definition) is 1. The first-order valence-corrected chi connectivity index (χ1v) is 7.70. The molecule has 1 saturated carbocycles. The lowest BCUT2D eigenvalue weighted by Gasteiger charge is -2.25. The summed E-state index contributed by atoms with van der Waals surface area (Å²) in [4.78, 5) is 25.3. The summed E-state index contributed by atoms with van der Waals surface area (Å²) >= 11 is 0. The number of carbonyl (C=O) groups is 2. The highest BCUT2D eigenvalue weighted by molar-refractivity contribution is 5.82. The van der Waals surface area contributed by atoms with Crippen molar-refractivity contribution in [3.63, 3.8) is 0 Å². The number of likely N-dealkylation sites (tertiary alicyclic amines) is 1. The minimum absolute atomic E-state index is 0.0143. The molecule has 5 heteroatoms. The van der Waals surface area contributed by atoms with Gasteiger partial charge in [-0.25, -0.2) is 0 Å². The lowest BCUT2D eigenvalue weighted by Crippen LogP contribution is -2.40. The van der Waals surface area contributed by atoms with Gasteiger partial charge in [-0.2, -0.15) is 0 Å². The van der Waals surface area contributed by atoms with Crippen molar-refractivity contribution in [1.82, 2.24) is 4.90 Å². The molecular formula is C15H25NO4. The molecule has 1 unspecified atom stereocenters. The van der Waals surface area contributed by atoms with Gasteiger partial charge in [0.15, 0.2) is 0 Å². The summed E-state index contributed by atoms with van der Waals surface area (Å²) in [7, 11) is 0. The number of carboxylic acid groups (broad SMARTS) is 1. The van der Waals surface area contributed by atoms with E-state index >= 15 is 0 Å². The van der Waals surface area contributed by atoms with Crippen molar-refractivity contribution in [3.8, 4) is 0 Å². The van der Waals surface area contributed by atoms with Crippen molar-refractivity contribution in [1.29, 1.82) is 0 Å². The second-order valence-electron chi connectivity index (χ2n) is 6.10. The Balaban J connectivity index is 1.93. The van der Waals surface area contributed by atoms with Crippen LogP contribution in [0, 0.1) is 11.8 Å². The fraction of sp³-hybridized carbons (Fsp3) is 0.867. The van der Waals surface area contributed by atoms with Crippen LogP contribution < -0.4 is 0 Å². The van der Waals surface area contributed by atoms with Gasteiger partial charge in [-0.3, -0.25) is 9.59 Å². The highest BCUT2D eigenvalue weighted by Gasteiger charge is 2.39. The molecule has 0 bridgehead atoms. The van der Waals surface area contributed by atoms with E-state index in [9.17, 15) is 9.59 Å². The summed E-state index contributed by atoms with van der Waals surface area (Å²) in [6.07, 6.45) is 4.89. The van der Waals surface area contributed by atoms with Crippen LogP contribution in [0.25, 0.3) is 0 Å². The molecule has 0 aromatic carbocycles. The van der Waals surface area contributed by atoms with Gasteiger partial charge in [0.2, 0.25) is 0 Å². The van der Waals surface area contributed by atoms with Crippen molar-refractivity contribution < 1.29 is 19.4 Å². The third-order valence-corrected chi connectivity index (χ3v) is 4.55. The van der Waals surface area contributed by atoms with E-state index in [0.29, 0.717) is 19.5 Å². The van der Waals surface area contributed by atoms with Gasteiger partial charge < -0.3 is 14.7 Å². The summed E-state index contributed by atoms with van der Waals surface area (Å²) in [6, 6.07) is 0. The van der Waals surface area contributed by atoms with Gasteiger partial charge in [0.1, 0.15) is 6.10 Å². The van der Waals surface area contributed by atoms with E-state index in [1.54, 1.807) is 4.90 Å². The normalized spacial score (nSPS) is 28.8. The summed E-state index contributed by atoms with van der Waals surface area (Å²) < 4.78 is 5.93. The molecular weight excluding hydrogens is 258 g/mol. The van der Waals surface area contributed by atoms with Crippen molar-refractivity contribution >= 4 is 11.9 Å². The topological polar surface area (TPSA) is 66.8 Å². The quantitative estimate of drug-likeness (QED) is 0.837. The molecule has 1 N–H and O–H groups in total. The number of nitrogens with zero attached hydrogens (tertiary/aromatic N) is 1. The van der Waals surface area contributed by atoms with Crippen molar-refractivity contribution in [3.05, 3.63) is 0 Å². The number of amides is 1. The molecule has 1 amide bonds.